The van der Waals surface area contributed by atoms with Crippen LogP contribution < -0.4 is 10.2 Å². The molecule has 1 saturated heterocycles. The Morgan fingerprint density at radius 3 is 2.69 bits per heavy atom. The summed E-state index contributed by atoms with van der Waals surface area (Å²) in [6.45, 7) is 2.95. The van der Waals surface area contributed by atoms with E-state index in [4.69, 9.17) is 11.6 Å². The normalized spacial score (nSPS) is 19.5. The first-order valence-corrected chi connectivity index (χ1v) is 11.8. The van der Waals surface area contributed by atoms with Gasteiger partial charge in [0.1, 0.15) is 0 Å². The molecule has 162 valence electrons. The van der Waals surface area contributed by atoms with Crippen LogP contribution in [0.1, 0.15) is 16.7 Å². The van der Waals surface area contributed by atoms with Gasteiger partial charge in [-0.05, 0) is 36.8 Å². The Hall–Kier alpha value is -2.96. The molecule has 0 bridgehead atoms. The second kappa shape index (κ2) is 8.19. The molecule has 3 aromatic carbocycles. The summed E-state index contributed by atoms with van der Waals surface area (Å²) in [5.41, 5.74) is 4.44. The fourth-order valence-corrected chi connectivity index (χ4v) is 6.05. The quantitative estimate of drug-likeness (QED) is 0.547. The van der Waals surface area contributed by atoms with E-state index in [0.29, 0.717) is 29.6 Å². The number of halogens is 1. The third-order valence-corrected chi connectivity index (χ3v) is 7.51. The average molecular weight is 464 g/mol. The maximum absolute atomic E-state index is 14.0. The first kappa shape index (κ1) is 20.9. The number of carbonyl (C=O) groups is 2. The van der Waals surface area contributed by atoms with Gasteiger partial charge < -0.3 is 10.2 Å². The Kier molecular flexibility index (Phi) is 5.35. The molecule has 3 amide bonds. The molecule has 2 aliphatic heterocycles. The molecule has 32 heavy (non-hydrogen) atoms. The molecular weight excluding hydrogens is 442 g/mol. The van der Waals surface area contributed by atoms with E-state index in [1.54, 1.807) is 29.2 Å². The third-order valence-electron chi connectivity index (χ3n) is 5.85. The summed E-state index contributed by atoms with van der Waals surface area (Å²) in [5.74, 6) is 0.604. The Morgan fingerprint density at radius 2 is 1.91 bits per heavy atom. The molecule has 5 nitrogen and oxygen atoms in total. The summed E-state index contributed by atoms with van der Waals surface area (Å²) in [7, 11) is 0. The van der Waals surface area contributed by atoms with E-state index in [1.165, 1.54) is 11.8 Å². The number of anilines is 2. The molecule has 2 heterocycles. The van der Waals surface area contributed by atoms with Crippen LogP contribution in [0.2, 0.25) is 5.02 Å². The number of carbonyl (C=O) groups excluding carboxylic acids is 2. The lowest BCUT2D eigenvalue weighted by molar-refractivity contribution is -0.123. The first-order valence-electron chi connectivity index (χ1n) is 10.4. The lowest BCUT2D eigenvalue weighted by Gasteiger charge is -2.33. The zero-order valence-electron chi connectivity index (χ0n) is 17.5. The molecule has 1 N–H and O–H groups in total. The van der Waals surface area contributed by atoms with Crippen LogP contribution in [0.4, 0.5) is 16.2 Å². The Labute approximate surface area is 196 Å². The monoisotopic (exact) mass is 463 g/mol. The first-order chi connectivity index (χ1) is 15.5. The molecule has 1 fully saturated rings. The van der Waals surface area contributed by atoms with Crippen LogP contribution in [0.15, 0.2) is 72.8 Å². The van der Waals surface area contributed by atoms with Crippen LogP contribution in [0.25, 0.3) is 0 Å². The lowest BCUT2D eigenvalue weighted by Crippen LogP contribution is -2.51. The second-order valence-corrected chi connectivity index (χ2v) is 9.71. The van der Waals surface area contributed by atoms with Gasteiger partial charge in [0.15, 0.2) is 4.87 Å². The SMILES string of the molecule is Cc1ccc2c(c1)[C@@]1(SCCN1C(=O)Nc1cccc(Cl)c1)C(=O)N2Cc1ccccc1. The molecule has 1 atom stereocenters. The van der Waals surface area contributed by atoms with Gasteiger partial charge >= 0.3 is 6.03 Å². The molecule has 2 aliphatic rings. The van der Waals surface area contributed by atoms with Crippen molar-refractivity contribution >= 4 is 46.7 Å². The number of nitrogens with one attached hydrogen (secondary N) is 1. The van der Waals surface area contributed by atoms with Gasteiger partial charge in [0.2, 0.25) is 0 Å². The molecular formula is C25H22ClN3O2S. The van der Waals surface area contributed by atoms with Gasteiger partial charge in [0.05, 0.1) is 12.2 Å². The fourth-order valence-electron chi connectivity index (χ4n) is 4.41. The molecule has 3 aromatic rings. The van der Waals surface area contributed by atoms with E-state index in [2.05, 4.69) is 5.32 Å². The van der Waals surface area contributed by atoms with Crippen LogP contribution in [0.3, 0.4) is 0 Å². The highest BCUT2D eigenvalue weighted by Crippen LogP contribution is 2.54. The minimum Gasteiger partial charge on any atom is -0.308 e. The molecule has 0 aliphatic carbocycles. The van der Waals surface area contributed by atoms with E-state index in [9.17, 15) is 9.59 Å². The van der Waals surface area contributed by atoms with Gasteiger partial charge in [-0.15, -0.1) is 11.8 Å². The predicted octanol–water partition coefficient (Wildman–Crippen LogP) is 5.63. The van der Waals surface area contributed by atoms with Crippen LogP contribution in [0.5, 0.6) is 0 Å². The van der Waals surface area contributed by atoms with E-state index in [1.807, 2.05) is 60.4 Å². The van der Waals surface area contributed by atoms with Gasteiger partial charge in [-0.25, -0.2) is 4.79 Å². The molecule has 0 unspecified atom stereocenters. The second-order valence-electron chi connectivity index (χ2n) is 7.98. The maximum Gasteiger partial charge on any atom is 0.323 e. The van der Waals surface area contributed by atoms with Crippen LogP contribution in [-0.2, 0) is 16.2 Å². The van der Waals surface area contributed by atoms with E-state index in [-0.39, 0.29) is 11.9 Å². The minimum atomic E-state index is -1.07. The number of thioether (sulfide) groups is 1. The van der Waals surface area contributed by atoms with Crippen molar-refractivity contribution in [3.05, 3.63) is 94.5 Å². The Bertz CT molecular complexity index is 1200. The highest BCUT2D eigenvalue weighted by Gasteiger charge is 2.59. The number of rotatable bonds is 3. The van der Waals surface area contributed by atoms with Gasteiger partial charge in [0.25, 0.3) is 5.91 Å². The molecule has 1 spiro atoms. The van der Waals surface area contributed by atoms with Gasteiger partial charge in [0, 0.05) is 28.6 Å². The summed E-state index contributed by atoms with van der Waals surface area (Å²) in [6, 6.07) is 22.7. The summed E-state index contributed by atoms with van der Waals surface area (Å²) in [5, 5.41) is 3.47. The van der Waals surface area contributed by atoms with Crippen molar-refractivity contribution < 1.29 is 9.59 Å². The zero-order valence-corrected chi connectivity index (χ0v) is 19.1. The van der Waals surface area contributed by atoms with E-state index < -0.39 is 4.87 Å². The maximum atomic E-state index is 14.0. The van der Waals surface area contributed by atoms with Crippen molar-refractivity contribution in [2.75, 3.05) is 22.5 Å². The zero-order chi connectivity index (χ0) is 22.3. The summed E-state index contributed by atoms with van der Waals surface area (Å²) in [6.07, 6.45) is 0. The number of hydrogen-bond acceptors (Lipinski definition) is 3. The standard InChI is InChI=1S/C25H22ClN3O2S/c1-17-10-11-22-21(14-17)25(23(30)28(22)16-18-6-3-2-4-7-18)29(12-13-32-25)24(31)27-20-9-5-8-19(26)15-20/h2-11,14-15H,12-13,16H2,1H3,(H,27,31)/t25-/m1/s1. The van der Waals surface area contributed by atoms with Gasteiger partial charge in [-0.1, -0.05) is 65.7 Å². The highest BCUT2D eigenvalue weighted by atomic mass is 35.5. The van der Waals surface area contributed by atoms with Crippen molar-refractivity contribution in [2.45, 2.75) is 18.3 Å². The lowest BCUT2D eigenvalue weighted by atomic mass is 10.0. The van der Waals surface area contributed by atoms with Gasteiger partial charge in [-0.3, -0.25) is 9.69 Å². The van der Waals surface area contributed by atoms with Gasteiger partial charge in [-0.2, -0.15) is 0 Å². The van der Waals surface area contributed by atoms with Crippen LogP contribution in [0, 0.1) is 6.92 Å². The fraction of sp³-hybridized carbons (Fsp3) is 0.200. The largest absolute Gasteiger partial charge is 0.323 e. The van der Waals surface area contributed by atoms with Crippen molar-refractivity contribution in [1.82, 2.24) is 4.90 Å². The van der Waals surface area contributed by atoms with Crippen molar-refractivity contribution in [2.24, 2.45) is 0 Å². The smallest absolute Gasteiger partial charge is 0.308 e. The number of benzene rings is 3. The molecule has 7 heteroatoms. The van der Waals surface area contributed by atoms with Crippen LogP contribution >= 0.6 is 23.4 Å². The number of aryl methyl sites for hydroxylation is 1. The number of amides is 3. The van der Waals surface area contributed by atoms with Crippen LogP contribution in [-0.4, -0.2) is 29.1 Å². The number of nitrogens with zero attached hydrogens (tertiary/aromatic N) is 2. The highest BCUT2D eigenvalue weighted by molar-refractivity contribution is 8.01. The summed E-state index contributed by atoms with van der Waals surface area (Å²) in [4.78, 5) is 29.8. The topological polar surface area (TPSA) is 52.7 Å². The number of fused-ring (bicyclic) bond motifs is 2. The number of hydrogen-bond donors (Lipinski definition) is 1. The third kappa shape index (κ3) is 3.44. The van der Waals surface area contributed by atoms with E-state index >= 15 is 0 Å². The minimum absolute atomic E-state index is 0.0781. The molecule has 0 radical (unpaired) electrons. The number of urea groups is 1. The summed E-state index contributed by atoms with van der Waals surface area (Å²) < 4.78 is 0. The molecule has 0 saturated carbocycles. The Balaban J connectivity index is 1.54. The molecule has 5 rings (SSSR count). The van der Waals surface area contributed by atoms with Crippen molar-refractivity contribution in [1.29, 1.82) is 0 Å². The Morgan fingerprint density at radius 1 is 1.09 bits per heavy atom. The molecule has 0 aromatic heterocycles. The van der Waals surface area contributed by atoms with E-state index in [0.717, 1.165) is 22.4 Å². The average Bonchev–Trinajstić information content (AvgIpc) is 3.32. The predicted molar refractivity (Wildman–Crippen MR) is 130 cm³/mol. The van der Waals surface area contributed by atoms with Crippen molar-refractivity contribution in [3.8, 4) is 0 Å². The summed E-state index contributed by atoms with van der Waals surface area (Å²) >= 11 is 7.61. The van der Waals surface area contributed by atoms with Crippen molar-refractivity contribution in [3.63, 3.8) is 0 Å².